The van der Waals surface area contributed by atoms with Crippen molar-refractivity contribution in [3.63, 3.8) is 0 Å². The maximum atomic E-state index is 10.1. The van der Waals surface area contributed by atoms with Crippen LogP contribution in [0.2, 0.25) is 0 Å². The van der Waals surface area contributed by atoms with Gasteiger partial charge in [0.2, 0.25) is 0 Å². The normalized spacial score (nSPS) is 16.9. The lowest BCUT2D eigenvalue weighted by molar-refractivity contribution is -0.131. The number of para-hydroxylation sites is 1. The second-order valence-electron chi connectivity index (χ2n) is 3.96. The number of hydrogen-bond acceptors (Lipinski definition) is 3. The zero-order valence-electron chi connectivity index (χ0n) is 8.73. The van der Waals surface area contributed by atoms with Crippen LogP contribution in [0, 0.1) is 6.92 Å². The van der Waals surface area contributed by atoms with E-state index in [1.54, 1.807) is 0 Å². The van der Waals surface area contributed by atoms with E-state index in [0.717, 1.165) is 24.2 Å². The summed E-state index contributed by atoms with van der Waals surface area (Å²) < 4.78 is 10.6. The topological polar surface area (TPSA) is 35.5 Å². The van der Waals surface area contributed by atoms with Gasteiger partial charge < -0.3 is 9.47 Å². The largest absolute Gasteiger partial charge is 0.483 e. The number of aryl methyl sites for hydroxylation is 1. The molecule has 0 aromatic heterocycles. The van der Waals surface area contributed by atoms with Gasteiger partial charge in [-0.2, -0.15) is 0 Å². The van der Waals surface area contributed by atoms with E-state index in [1.165, 1.54) is 0 Å². The molecule has 2 rings (SSSR count). The van der Waals surface area contributed by atoms with Crippen LogP contribution in [-0.4, -0.2) is 18.7 Å². The fraction of sp³-hybridized carbons (Fsp3) is 0.417. The van der Waals surface area contributed by atoms with Crippen molar-refractivity contribution in [3.05, 3.63) is 29.8 Å². The average molecular weight is 206 g/mol. The van der Waals surface area contributed by atoms with Crippen LogP contribution in [0.4, 0.5) is 0 Å². The molecule has 3 nitrogen and oxygen atoms in total. The van der Waals surface area contributed by atoms with Gasteiger partial charge in [0.1, 0.15) is 18.0 Å². The highest BCUT2D eigenvalue weighted by Crippen LogP contribution is 2.41. The van der Waals surface area contributed by atoms with Gasteiger partial charge in [-0.1, -0.05) is 18.2 Å². The Balaban J connectivity index is 2.02. The number of benzene rings is 1. The molecule has 1 aliphatic carbocycles. The highest BCUT2D eigenvalue weighted by Gasteiger charge is 2.46. The Kier molecular flexibility index (Phi) is 2.62. The van der Waals surface area contributed by atoms with Crippen molar-refractivity contribution in [2.75, 3.05) is 6.61 Å². The molecule has 0 amide bonds. The van der Waals surface area contributed by atoms with E-state index in [0.29, 0.717) is 13.1 Å². The van der Waals surface area contributed by atoms with Gasteiger partial charge in [0, 0.05) is 0 Å². The van der Waals surface area contributed by atoms with Crippen molar-refractivity contribution < 1.29 is 14.3 Å². The third-order valence-corrected chi connectivity index (χ3v) is 2.64. The van der Waals surface area contributed by atoms with Crippen LogP contribution >= 0.6 is 0 Å². The predicted octanol–water partition coefficient (Wildman–Crippen LogP) is 2.08. The Morgan fingerprint density at radius 1 is 1.40 bits per heavy atom. The van der Waals surface area contributed by atoms with E-state index in [1.807, 2.05) is 31.2 Å². The summed E-state index contributed by atoms with van der Waals surface area (Å²) in [5, 5.41) is 0. The van der Waals surface area contributed by atoms with Crippen molar-refractivity contribution in [2.24, 2.45) is 0 Å². The van der Waals surface area contributed by atoms with Crippen molar-refractivity contribution in [1.29, 1.82) is 0 Å². The molecule has 1 aromatic rings. The number of carbonyl (C=O) groups is 1. The van der Waals surface area contributed by atoms with Gasteiger partial charge in [-0.25, -0.2) is 0 Å². The van der Waals surface area contributed by atoms with Gasteiger partial charge in [0.05, 0.1) is 0 Å². The van der Waals surface area contributed by atoms with E-state index in [-0.39, 0.29) is 5.60 Å². The summed E-state index contributed by atoms with van der Waals surface area (Å²) in [7, 11) is 0. The van der Waals surface area contributed by atoms with Crippen molar-refractivity contribution in [3.8, 4) is 5.75 Å². The first kappa shape index (κ1) is 10.0. The molecule has 1 fully saturated rings. The summed E-state index contributed by atoms with van der Waals surface area (Å²) in [6.07, 6.45) is 1.91. The van der Waals surface area contributed by atoms with Crippen LogP contribution in [0.15, 0.2) is 24.3 Å². The number of rotatable bonds is 5. The molecule has 15 heavy (non-hydrogen) atoms. The summed E-state index contributed by atoms with van der Waals surface area (Å²) in [5.74, 6) is 0.879. The Morgan fingerprint density at radius 3 is 2.73 bits per heavy atom. The minimum Gasteiger partial charge on any atom is -0.483 e. The molecule has 0 heterocycles. The summed E-state index contributed by atoms with van der Waals surface area (Å²) >= 11 is 0. The first-order chi connectivity index (χ1) is 7.26. The zero-order valence-corrected chi connectivity index (χ0v) is 8.73. The van der Waals surface area contributed by atoms with Gasteiger partial charge in [0.15, 0.2) is 0 Å². The Hall–Kier alpha value is -1.51. The Labute approximate surface area is 89.0 Å². The van der Waals surface area contributed by atoms with Gasteiger partial charge in [-0.3, -0.25) is 4.79 Å². The van der Waals surface area contributed by atoms with E-state index in [9.17, 15) is 4.79 Å². The number of carbonyl (C=O) groups excluding carboxylic acids is 1. The lowest BCUT2D eigenvalue weighted by Crippen LogP contribution is -2.25. The summed E-state index contributed by atoms with van der Waals surface area (Å²) in [6, 6.07) is 7.87. The van der Waals surface area contributed by atoms with Crippen molar-refractivity contribution in [1.82, 2.24) is 0 Å². The predicted molar refractivity (Wildman–Crippen MR) is 55.8 cm³/mol. The third kappa shape index (κ3) is 2.29. The first-order valence-electron chi connectivity index (χ1n) is 5.06. The van der Waals surface area contributed by atoms with Gasteiger partial charge in [-0.15, -0.1) is 0 Å². The van der Waals surface area contributed by atoms with Gasteiger partial charge >= 0.3 is 0 Å². The molecule has 0 aliphatic heterocycles. The van der Waals surface area contributed by atoms with Gasteiger partial charge in [-0.05, 0) is 31.4 Å². The van der Waals surface area contributed by atoms with E-state index in [4.69, 9.17) is 9.47 Å². The van der Waals surface area contributed by atoms with E-state index >= 15 is 0 Å². The molecule has 80 valence electrons. The van der Waals surface area contributed by atoms with Crippen LogP contribution in [-0.2, 0) is 9.53 Å². The van der Waals surface area contributed by atoms with Gasteiger partial charge in [0.25, 0.3) is 6.47 Å². The maximum Gasteiger partial charge on any atom is 0.293 e. The molecule has 0 saturated heterocycles. The van der Waals surface area contributed by atoms with Crippen LogP contribution in [0.5, 0.6) is 5.75 Å². The SMILES string of the molecule is Cc1ccccc1OC1(COC=O)CC1. The van der Waals surface area contributed by atoms with Crippen molar-refractivity contribution >= 4 is 6.47 Å². The van der Waals surface area contributed by atoms with E-state index < -0.39 is 0 Å². The molecule has 1 aliphatic rings. The van der Waals surface area contributed by atoms with Crippen LogP contribution < -0.4 is 4.74 Å². The highest BCUT2D eigenvalue weighted by atomic mass is 16.6. The molecule has 0 N–H and O–H groups in total. The van der Waals surface area contributed by atoms with E-state index in [2.05, 4.69) is 0 Å². The molecule has 1 aromatic carbocycles. The smallest absolute Gasteiger partial charge is 0.293 e. The van der Waals surface area contributed by atoms with Crippen LogP contribution in [0.25, 0.3) is 0 Å². The fourth-order valence-electron chi connectivity index (χ4n) is 1.51. The average Bonchev–Trinajstić information content (AvgIpc) is 3.00. The third-order valence-electron chi connectivity index (χ3n) is 2.64. The second kappa shape index (κ2) is 3.93. The quantitative estimate of drug-likeness (QED) is 0.692. The maximum absolute atomic E-state index is 10.1. The standard InChI is InChI=1S/C12H14O3/c1-10-4-2-3-5-11(10)15-12(6-7-12)8-14-9-13/h2-5,9H,6-8H2,1H3. The first-order valence-corrected chi connectivity index (χ1v) is 5.06. The van der Waals surface area contributed by atoms with Crippen LogP contribution in [0.1, 0.15) is 18.4 Å². The molecule has 1 saturated carbocycles. The molecule has 3 heteroatoms. The Morgan fingerprint density at radius 2 is 2.13 bits per heavy atom. The number of hydrogen-bond donors (Lipinski definition) is 0. The lowest BCUT2D eigenvalue weighted by Gasteiger charge is -2.18. The molecular weight excluding hydrogens is 192 g/mol. The summed E-state index contributed by atoms with van der Waals surface area (Å²) in [6.45, 7) is 2.83. The minimum atomic E-state index is -0.257. The Bertz CT molecular complexity index is 356. The number of ether oxygens (including phenoxy) is 2. The zero-order chi connectivity index (χ0) is 10.7. The second-order valence-corrected chi connectivity index (χ2v) is 3.96. The molecule has 0 unspecified atom stereocenters. The molecule has 0 bridgehead atoms. The summed E-state index contributed by atoms with van der Waals surface area (Å²) in [4.78, 5) is 10.1. The molecule has 0 radical (unpaired) electrons. The monoisotopic (exact) mass is 206 g/mol. The fourth-order valence-corrected chi connectivity index (χ4v) is 1.51. The minimum absolute atomic E-state index is 0.257. The molecule has 0 atom stereocenters. The van der Waals surface area contributed by atoms with Crippen molar-refractivity contribution in [2.45, 2.75) is 25.4 Å². The molecule has 0 spiro atoms. The van der Waals surface area contributed by atoms with Crippen LogP contribution in [0.3, 0.4) is 0 Å². The highest BCUT2D eigenvalue weighted by molar-refractivity contribution is 5.38. The lowest BCUT2D eigenvalue weighted by atomic mass is 10.2. The molecular formula is C12H14O3. The summed E-state index contributed by atoms with van der Waals surface area (Å²) in [5.41, 5.74) is 0.849.